The van der Waals surface area contributed by atoms with Gasteiger partial charge in [-0.15, -0.1) is 0 Å². The minimum absolute atomic E-state index is 0.193. The third-order valence-electron chi connectivity index (χ3n) is 4.41. The normalized spacial score (nSPS) is 17.2. The van der Waals surface area contributed by atoms with E-state index >= 15 is 0 Å². The Morgan fingerprint density at radius 1 is 1.28 bits per heavy atom. The number of amides is 1. The van der Waals surface area contributed by atoms with Gasteiger partial charge in [0.25, 0.3) is 0 Å². The zero-order valence-corrected chi connectivity index (χ0v) is 14.6. The first-order valence-corrected chi connectivity index (χ1v) is 8.61. The monoisotopic (exact) mass is 341 g/mol. The summed E-state index contributed by atoms with van der Waals surface area (Å²) in [5.41, 5.74) is 0.862. The van der Waals surface area contributed by atoms with Crippen LogP contribution in [0.15, 0.2) is 36.7 Å². The minimum Gasteiger partial charge on any atom is -0.493 e. The van der Waals surface area contributed by atoms with Crippen molar-refractivity contribution in [3.8, 4) is 17.4 Å². The molecule has 1 aliphatic rings. The van der Waals surface area contributed by atoms with Crippen molar-refractivity contribution in [1.82, 2.24) is 14.9 Å². The summed E-state index contributed by atoms with van der Waals surface area (Å²) in [7, 11) is 1.60. The molecule has 2 aromatic rings. The number of nitrogens with zero attached hydrogens (tertiary/aromatic N) is 3. The van der Waals surface area contributed by atoms with E-state index in [-0.39, 0.29) is 11.8 Å². The Morgan fingerprint density at radius 2 is 2.08 bits per heavy atom. The molecule has 1 aliphatic heterocycles. The van der Waals surface area contributed by atoms with Crippen LogP contribution in [0, 0.1) is 0 Å². The van der Waals surface area contributed by atoms with E-state index in [9.17, 15) is 4.79 Å². The van der Waals surface area contributed by atoms with E-state index in [1.807, 2.05) is 36.1 Å². The smallest absolute Gasteiger partial charge is 0.238 e. The Hall–Kier alpha value is -2.63. The standard InChI is InChI=1S/C19H23N3O3/c1-3-19(23)22-10-6-7-14(13-22)15-11-20-12-18(21-15)25-17-9-5-4-8-16(17)24-2/h4-5,8-9,11-12,14H,3,6-7,10,13H2,1-2H3/t14-/m1/s1. The molecule has 132 valence electrons. The number of methoxy groups -OCH3 is 1. The largest absolute Gasteiger partial charge is 0.493 e. The lowest BCUT2D eigenvalue weighted by Gasteiger charge is -2.32. The van der Waals surface area contributed by atoms with Gasteiger partial charge in [0.05, 0.1) is 19.0 Å². The number of carbonyl (C=O) groups is 1. The lowest BCUT2D eigenvalue weighted by molar-refractivity contribution is -0.132. The number of likely N-dealkylation sites (tertiary alicyclic amines) is 1. The molecule has 0 spiro atoms. The quantitative estimate of drug-likeness (QED) is 0.834. The van der Waals surface area contributed by atoms with E-state index in [1.165, 1.54) is 0 Å². The predicted molar refractivity (Wildman–Crippen MR) is 93.9 cm³/mol. The summed E-state index contributed by atoms with van der Waals surface area (Å²) in [5, 5.41) is 0. The number of rotatable bonds is 5. The minimum atomic E-state index is 0.193. The van der Waals surface area contributed by atoms with Gasteiger partial charge in [0.2, 0.25) is 11.8 Å². The fraction of sp³-hybridized carbons (Fsp3) is 0.421. The molecule has 1 fully saturated rings. The summed E-state index contributed by atoms with van der Waals surface area (Å²) >= 11 is 0. The van der Waals surface area contributed by atoms with Crippen molar-refractivity contribution in [2.75, 3.05) is 20.2 Å². The van der Waals surface area contributed by atoms with Gasteiger partial charge in [0, 0.05) is 31.6 Å². The summed E-state index contributed by atoms with van der Waals surface area (Å²) in [6.07, 6.45) is 5.87. The average molecular weight is 341 g/mol. The molecule has 0 unspecified atom stereocenters. The van der Waals surface area contributed by atoms with E-state index in [4.69, 9.17) is 9.47 Å². The van der Waals surface area contributed by atoms with Gasteiger partial charge < -0.3 is 14.4 Å². The maximum Gasteiger partial charge on any atom is 0.238 e. The number of ether oxygens (including phenoxy) is 2. The van der Waals surface area contributed by atoms with Crippen molar-refractivity contribution in [1.29, 1.82) is 0 Å². The van der Waals surface area contributed by atoms with Crippen LogP contribution in [-0.4, -0.2) is 41.0 Å². The van der Waals surface area contributed by atoms with Crippen LogP contribution in [0.5, 0.6) is 17.4 Å². The van der Waals surface area contributed by atoms with E-state index in [0.29, 0.717) is 30.3 Å². The van der Waals surface area contributed by atoms with Crippen molar-refractivity contribution < 1.29 is 14.3 Å². The fourth-order valence-electron chi connectivity index (χ4n) is 3.09. The molecule has 0 bridgehead atoms. The van der Waals surface area contributed by atoms with E-state index in [2.05, 4.69) is 9.97 Å². The van der Waals surface area contributed by atoms with Gasteiger partial charge in [-0.1, -0.05) is 19.1 Å². The van der Waals surface area contributed by atoms with Gasteiger partial charge in [-0.25, -0.2) is 4.98 Å². The van der Waals surface area contributed by atoms with Crippen LogP contribution in [0.3, 0.4) is 0 Å². The number of piperidine rings is 1. The molecule has 0 radical (unpaired) electrons. The van der Waals surface area contributed by atoms with Crippen LogP contribution in [0.2, 0.25) is 0 Å². The second kappa shape index (κ2) is 7.96. The first-order valence-electron chi connectivity index (χ1n) is 8.61. The SMILES string of the molecule is CCC(=O)N1CCC[C@@H](c2cncc(Oc3ccccc3OC)n2)C1. The summed E-state index contributed by atoms with van der Waals surface area (Å²) in [4.78, 5) is 22.8. The molecule has 1 atom stereocenters. The lowest BCUT2D eigenvalue weighted by Crippen LogP contribution is -2.38. The average Bonchev–Trinajstić information content (AvgIpc) is 2.68. The number of hydrogen-bond donors (Lipinski definition) is 0. The highest BCUT2D eigenvalue weighted by atomic mass is 16.5. The predicted octanol–water partition coefficient (Wildman–Crippen LogP) is 3.39. The van der Waals surface area contributed by atoms with E-state index < -0.39 is 0 Å². The molecule has 3 rings (SSSR count). The third-order valence-corrected chi connectivity index (χ3v) is 4.41. The van der Waals surface area contributed by atoms with Crippen LogP contribution in [0.25, 0.3) is 0 Å². The molecule has 6 nitrogen and oxygen atoms in total. The van der Waals surface area contributed by atoms with Crippen LogP contribution in [0.4, 0.5) is 0 Å². The fourth-order valence-corrected chi connectivity index (χ4v) is 3.09. The maximum absolute atomic E-state index is 12.0. The van der Waals surface area contributed by atoms with Gasteiger partial charge in [-0.05, 0) is 25.0 Å². The Kier molecular flexibility index (Phi) is 5.48. The number of hydrogen-bond acceptors (Lipinski definition) is 5. The second-order valence-corrected chi connectivity index (χ2v) is 6.07. The van der Waals surface area contributed by atoms with Crippen LogP contribution in [-0.2, 0) is 4.79 Å². The molecule has 0 aliphatic carbocycles. The van der Waals surface area contributed by atoms with Crippen LogP contribution in [0.1, 0.15) is 37.8 Å². The van der Waals surface area contributed by atoms with Gasteiger partial charge in [-0.2, -0.15) is 0 Å². The molecule has 0 N–H and O–H groups in total. The molecule has 1 amide bonds. The highest BCUT2D eigenvalue weighted by molar-refractivity contribution is 5.76. The highest BCUT2D eigenvalue weighted by Gasteiger charge is 2.25. The zero-order valence-electron chi connectivity index (χ0n) is 14.6. The maximum atomic E-state index is 12.0. The first kappa shape index (κ1) is 17.2. The molecule has 1 saturated heterocycles. The van der Waals surface area contributed by atoms with Gasteiger partial charge in [0.1, 0.15) is 0 Å². The van der Waals surface area contributed by atoms with Crippen molar-refractivity contribution in [2.45, 2.75) is 32.1 Å². The Labute approximate surface area is 147 Å². The Bertz CT molecular complexity index is 735. The van der Waals surface area contributed by atoms with Gasteiger partial charge in [0.15, 0.2) is 11.5 Å². The van der Waals surface area contributed by atoms with Crippen LogP contribution >= 0.6 is 0 Å². The highest BCUT2D eigenvalue weighted by Crippen LogP contribution is 2.31. The summed E-state index contributed by atoms with van der Waals surface area (Å²) in [5.74, 6) is 2.06. The van der Waals surface area contributed by atoms with Crippen molar-refractivity contribution in [3.05, 3.63) is 42.4 Å². The summed E-state index contributed by atoms with van der Waals surface area (Å²) < 4.78 is 11.1. The molecule has 1 aromatic carbocycles. The van der Waals surface area contributed by atoms with Gasteiger partial charge in [-0.3, -0.25) is 9.78 Å². The van der Waals surface area contributed by atoms with Crippen LogP contribution < -0.4 is 9.47 Å². The molecule has 2 heterocycles. The van der Waals surface area contributed by atoms with E-state index in [1.54, 1.807) is 19.5 Å². The molecular formula is C19H23N3O3. The summed E-state index contributed by atoms with van der Waals surface area (Å²) in [6, 6.07) is 7.43. The molecule has 25 heavy (non-hydrogen) atoms. The van der Waals surface area contributed by atoms with Gasteiger partial charge >= 0.3 is 0 Å². The van der Waals surface area contributed by atoms with Crippen molar-refractivity contribution in [2.24, 2.45) is 0 Å². The summed E-state index contributed by atoms with van der Waals surface area (Å²) in [6.45, 7) is 3.42. The van der Waals surface area contributed by atoms with E-state index in [0.717, 1.165) is 25.1 Å². The number of aromatic nitrogens is 2. The number of benzene rings is 1. The number of carbonyl (C=O) groups excluding carboxylic acids is 1. The molecule has 0 saturated carbocycles. The zero-order chi connectivity index (χ0) is 17.6. The first-order chi connectivity index (χ1) is 12.2. The topological polar surface area (TPSA) is 64.6 Å². The molecular weight excluding hydrogens is 318 g/mol. The Morgan fingerprint density at radius 3 is 2.84 bits per heavy atom. The lowest BCUT2D eigenvalue weighted by atomic mass is 9.95. The third kappa shape index (κ3) is 4.07. The van der Waals surface area contributed by atoms with Crippen molar-refractivity contribution >= 4 is 5.91 Å². The second-order valence-electron chi connectivity index (χ2n) is 6.07. The Balaban J connectivity index is 1.76. The molecule has 6 heteroatoms. The molecule has 1 aromatic heterocycles. The number of para-hydroxylation sites is 2. The van der Waals surface area contributed by atoms with Crippen molar-refractivity contribution in [3.63, 3.8) is 0 Å².